The van der Waals surface area contributed by atoms with E-state index in [2.05, 4.69) is 22.1 Å². The summed E-state index contributed by atoms with van der Waals surface area (Å²) in [4.78, 5) is 19.4. The van der Waals surface area contributed by atoms with Crippen molar-refractivity contribution >= 4 is 17.4 Å². The lowest BCUT2D eigenvalue weighted by molar-refractivity contribution is 0.102. The maximum Gasteiger partial charge on any atom is 0.257 e. The Labute approximate surface area is 165 Å². The number of rotatable bonds is 6. The minimum atomic E-state index is -0.300. The second-order valence-electron chi connectivity index (χ2n) is 6.94. The molecule has 2 aromatic rings. The summed E-state index contributed by atoms with van der Waals surface area (Å²) >= 11 is 0. The van der Waals surface area contributed by atoms with Crippen LogP contribution in [-0.4, -0.2) is 45.3 Å². The number of ether oxygens (including phenoxy) is 3. The fraction of sp³-hybridized carbons (Fsp3) is 0.429. The Bertz CT molecular complexity index is 790. The van der Waals surface area contributed by atoms with Crippen molar-refractivity contribution in [3.63, 3.8) is 0 Å². The fourth-order valence-electron chi connectivity index (χ4n) is 3.31. The largest absolute Gasteiger partial charge is 0.493 e. The van der Waals surface area contributed by atoms with Gasteiger partial charge >= 0.3 is 0 Å². The Morgan fingerprint density at radius 3 is 2.21 bits per heavy atom. The minimum absolute atomic E-state index is 0.300. The molecule has 1 aliphatic rings. The van der Waals surface area contributed by atoms with E-state index in [1.165, 1.54) is 34.2 Å². The van der Waals surface area contributed by atoms with Crippen molar-refractivity contribution in [2.75, 3.05) is 44.6 Å². The van der Waals surface area contributed by atoms with Crippen LogP contribution < -0.4 is 24.4 Å². The summed E-state index contributed by atoms with van der Waals surface area (Å²) in [5.74, 6) is 2.27. The van der Waals surface area contributed by atoms with E-state index >= 15 is 0 Å². The van der Waals surface area contributed by atoms with E-state index in [9.17, 15) is 4.79 Å². The van der Waals surface area contributed by atoms with Gasteiger partial charge in [-0.3, -0.25) is 4.79 Å². The number of nitrogens with zero attached hydrogens (tertiary/aromatic N) is 2. The number of methoxy groups -OCH3 is 3. The van der Waals surface area contributed by atoms with Gasteiger partial charge in [0.25, 0.3) is 5.91 Å². The van der Waals surface area contributed by atoms with Gasteiger partial charge in [-0.1, -0.05) is 6.92 Å². The molecule has 1 saturated heterocycles. The second-order valence-corrected chi connectivity index (χ2v) is 6.94. The number of anilines is 2. The first-order chi connectivity index (χ1) is 13.5. The predicted octanol–water partition coefficient (Wildman–Crippen LogP) is 3.60. The third-order valence-corrected chi connectivity index (χ3v) is 5.07. The van der Waals surface area contributed by atoms with Gasteiger partial charge in [0.1, 0.15) is 5.82 Å². The average molecular weight is 385 g/mol. The molecule has 0 bridgehead atoms. The molecule has 7 nitrogen and oxygen atoms in total. The maximum atomic E-state index is 12.7. The van der Waals surface area contributed by atoms with E-state index in [0.717, 1.165) is 24.7 Å². The molecule has 0 radical (unpaired) electrons. The summed E-state index contributed by atoms with van der Waals surface area (Å²) in [6.45, 7) is 4.37. The molecule has 0 atom stereocenters. The van der Waals surface area contributed by atoms with Crippen molar-refractivity contribution < 1.29 is 19.0 Å². The first kappa shape index (κ1) is 19.8. The lowest BCUT2D eigenvalue weighted by Gasteiger charge is -2.31. The fourth-order valence-corrected chi connectivity index (χ4v) is 3.31. The van der Waals surface area contributed by atoms with Crippen LogP contribution in [0.1, 0.15) is 30.1 Å². The molecule has 1 aromatic heterocycles. The number of hydrogen-bond acceptors (Lipinski definition) is 6. The molecule has 1 fully saturated rings. The molecule has 150 valence electrons. The van der Waals surface area contributed by atoms with Gasteiger partial charge in [-0.15, -0.1) is 0 Å². The highest BCUT2D eigenvalue weighted by Crippen LogP contribution is 2.38. The Morgan fingerprint density at radius 1 is 1.07 bits per heavy atom. The summed E-state index contributed by atoms with van der Waals surface area (Å²) in [6, 6.07) is 7.04. The molecule has 0 spiro atoms. The Kier molecular flexibility index (Phi) is 6.23. The van der Waals surface area contributed by atoms with E-state index in [-0.39, 0.29) is 5.91 Å². The van der Waals surface area contributed by atoms with Crippen molar-refractivity contribution in [3.05, 3.63) is 36.0 Å². The number of amides is 1. The van der Waals surface area contributed by atoms with E-state index < -0.39 is 0 Å². The van der Waals surface area contributed by atoms with Crippen LogP contribution >= 0.6 is 0 Å². The molecule has 1 aliphatic heterocycles. The molecule has 1 N–H and O–H groups in total. The van der Waals surface area contributed by atoms with Gasteiger partial charge in [-0.05, 0) is 43.0 Å². The van der Waals surface area contributed by atoms with Crippen LogP contribution in [-0.2, 0) is 0 Å². The molecular formula is C21H27N3O4. The molecule has 0 unspecified atom stereocenters. The van der Waals surface area contributed by atoms with Crippen LogP contribution in [0.2, 0.25) is 0 Å². The van der Waals surface area contributed by atoms with Crippen molar-refractivity contribution in [2.45, 2.75) is 19.8 Å². The zero-order chi connectivity index (χ0) is 20.1. The maximum absolute atomic E-state index is 12.7. The van der Waals surface area contributed by atoms with Crippen LogP contribution in [0.25, 0.3) is 0 Å². The van der Waals surface area contributed by atoms with E-state index in [1.54, 1.807) is 18.3 Å². The van der Waals surface area contributed by atoms with Gasteiger partial charge in [-0.2, -0.15) is 0 Å². The second kappa shape index (κ2) is 8.82. The molecule has 0 aliphatic carbocycles. The summed E-state index contributed by atoms with van der Waals surface area (Å²) in [5, 5.41) is 2.82. The highest BCUT2D eigenvalue weighted by atomic mass is 16.5. The predicted molar refractivity (Wildman–Crippen MR) is 109 cm³/mol. The summed E-state index contributed by atoms with van der Waals surface area (Å²) in [7, 11) is 4.55. The number of carbonyl (C=O) groups is 1. The lowest BCUT2D eigenvalue weighted by atomic mass is 9.99. The van der Waals surface area contributed by atoms with Gasteiger partial charge in [0.05, 0.1) is 33.2 Å². The van der Waals surface area contributed by atoms with Gasteiger partial charge in [-0.25, -0.2) is 4.98 Å². The van der Waals surface area contributed by atoms with Gasteiger partial charge in [0, 0.05) is 18.7 Å². The highest BCUT2D eigenvalue weighted by molar-refractivity contribution is 6.04. The Morgan fingerprint density at radius 2 is 1.71 bits per heavy atom. The van der Waals surface area contributed by atoms with Crippen LogP contribution in [0.5, 0.6) is 17.2 Å². The van der Waals surface area contributed by atoms with Gasteiger partial charge < -0.3 is 24.4 Å². The number of carbonyl (C=O) groups excluding carboxylic acids is 1. The standard InChI is InChI=1S/C21H27N3O4/c1-14-7-9-24(10-8-14)16-5-6-19(22-13-16)23-21(25)15-11-17(26-2)20(28-4)18(12-15)27-3/h5-6,11-14H,7-10H2,1-4H3,(H,22,23,25). The minimum Gasteiger partial charge on any atom is -0.493 e. The molecular weight excluding hydrogens is 358 g/mol. The average Bonchev–Trinajstić information content (AvgIpc) is 2.73. The molecule has 1 amide bonds. The van der Waals surface area contributed by atoms with Crippen molar-refractivity contribution in [3.8, 4) is 17.2 Å². The van der Waals surface area contributed by atoms with E-state index in [1.807, 2.05) is 12.1 Å². The van der Waals surface area contributed by atoms with Gasteiger partial charge in [0.2, 0.25) is 5.75 Å². The smallest absolute Gasteiger partial charge is 0.257 e. The Hall–Kier alpha value is -2.96. The van der Waals surface area contributed by atoms with E-state index in [0.29, 0.717) is 28.6 Å². The van der Waals surface area contributed by atoms with Crippen molar-refractivity contribution in [1.82, 2.24) is 4.98 Å². The number of nitrogens with one attached hydrogen (secondary N) is 1. The summed E-state index contributed by atoms with van der Waals surface area (Å²) in [5.41, 5.74) is 1.48. The lowest BCUT2D eigenvalue weighted by Crippen LogP contribution is -2.32. The van der Waals surface area contributed by atoms with Crippen LogP contribution in [0.3, 0.4) is 0 Å². The first-order valence-electron chi connectivity index (χ1n) is 9.38. The zero-order valence-corrected chi connectivity index (χ0v) is 16.8. The SMILES string of the molecule is COc1cc(C(=O)Nc2ccc(N3CCC(C)CC3)cn2)cc(OC)c1OC. The molecule has 0 saturated carbocycles. The van der Waals surface area contributed by atoms with Crippen LogP contribution in [0.15, 0.2) is 30.5 Å². The molecule has 3 rings (SSSR count). The number of pyridine rings is 1. The van der Waals surface area contributed by atoms with E-state index in [4.69, 9.17) is 14.2 Å². The van der Waals surface area contributed by atoms with Gasteiger partial charge in [0.15, 0.2) is 11.5 Å². The number of piperidine rings is 1. The monoisotopic (exact) mass is 385 g/mol. The summed E-state index contributed by atoms with van der Waals surface area (Å²) in [6.07, 6.45) is 4.19. The first-order valence-corrected chi connectivity index (χ1v) is 9.38. The third kappa shape index (κ3) is 4.30. The number of hydrogen-bond donors (Lipinski definition) is 1. The Balaban J connectivity index is 1.72. The normalized spacial score (nSPS) is 14.5. The highest BCUT2D eigenvalue weighted by Gasteiger charge is 2.18. The summed E-state index contributed by atoms with van der Waals surface area (Å²) < 4.78 is 15.9. The molecule has 2 heterocycles. The van der Waals surface area contributed by atoms with Crippen LogP contribution in [0.4, 0.5) is 11.5 Å². The van der Waals surface area contributed by atoms with Crippen molar-refractivity contribution in [1.29, 1.82) is 0 Å². The quantitative estimate of drug-likeness (QED) is 0.819. The topological polar surface area (TPSA) is 72.9 Å². The molecule has 1 aromatic carbocycles. The van der Waals surface area contributed by atoms with Crippen molar-refractivity contribution in [2.24, 2.45) is 5.92 Å². The number of benzene rings is 1. The number of aromatic nitrogens is 1. The third-order valence-electron chi connectivity index (χ3n) is 5.07. The molecule has 28 heavy (non-hydrogen) atoms. The zero-order valence-electron chi connectivity index (χ0n) is 16.8. The van der Waals surface area contributed by atoms with Crippen LogP contribution in [0, 0.1) is 5.92 Å². The molecule has 7 heteroatoms.